The minimum absolute atomic E-state index is 0.878. The molecule has 8 aromatic carbocycles. The van der Waals surface area contributed by atoms with Gasteiger partial charge in [0.05, 0.1) is 11.0 Å². The molecule has 1 aromatic heterocycles. The molecule has 2 heterocycles. The Morgan fingerprint density at radius 3 is 1.94 bits per heavy atom. The normalized spacial score (nSPS) is 15.4. The fraction of sp³-hybridized carbons (Fsp3) is 0. The molecule has 0 aliphatic carbocycles. The lowest BCUT2D eigenvalue weighted by Gasteiger charge is -2.17. The number of benzene rings is 8. The highest BCUT2D eigenvalue weighted by Gasteiger charge is 2.42. The average Bonchev–Trinajstić information content (AvgIpc) is 3.61. The Balaban J connectivity index is 1.17. The second kappa shape index (κ2) is 9.90. The van der Waals surface area contributed by atoms with E-state index in [2.05, 4.69) is 138 Å². The molecule has 0 radical (unpaired) electrons. The summed E-state index contributed by atoms with van der Waals surface area (Å²) in [4.78, 5) is 0. The first-order valence-electron chi connectivity index (χ1n) is 16.0. The maximum atomic E-state index is 15.6. The number of fused-ring (bicyclic) bond motifs is 9. The predicted octanol–water partition coefficient (Wildman–Crippen LogP) is 10.4. The second-order valence-electron chi connectivity index (χ2n) is 12.5. The van der Waals surface area contributed by atoms with E-state index in [1.807, 2.05) is 36.4 Å². The average molecular weight is 618 g/mol. The minimum Gasteiger partial charge on any atom is -0.309 e. The lowest BCUT2D eigenvalue weighted by Crippen LogP contribution is -2.21. The summed E-state index contributed by atoms with van der Waals surface area (Å²) in [6, 6.07) is 59.9. The third-order valence-electron chi connectivity index (χ3n) is 9.94. The molecule has 3 heteroatoms. The molecule has 0 bridgehead atoms. The van der Waals surface area contributed by atoms with Crippen molar-refractivity contribution in [1.82, 2.24) is 4.57 Å². The van der Waals surface area contributed by atoms with Crippen molar-refractivity contribution in [2.45, 2.75) is 0 Å². The van der Waals surface area contributed by atoms with Crippen molar-refractivity contribution in [1.29, 1.82) is 0 Å². The van der Waals surface area contributed by atoms with Gasteiger partial charge in [-0.2, -0.15) is 0 Å². The van der Waals surface area contributed by atoms with Gasteiger partial charge in [-0.05, 0) is 86.3 Å². The molecular weight excluding hydrogens is 589 g/mol. The first-order valence-corrected chi connectivity index (χ1v) is 17.7. The zero-order valence-electron chi connectivity index (χ0n) is 25.5. The second-order valence-corrected chi connectivity index (χ2v) is 15.1. The Bertz CT molecular complexity index is 2760. The van der Waals surface area contributed by atoms with E-state index < -0.39 is 7.14 Å². The minimum atomic E-state index is -3.13. The number of para-hydroxylation sites is 1. The Morgan fingerprint density at radius 2 is 1.11 bits per heavy atom. The van der Waals surface area contributed by atoms with Gasteiger partial charge in [0.2, 0.25) is 0 Å². The summed E-state index contributed by atoms with van der Waals surface area (Å²) in [5.74, 6) is 0. The van der Waals surface area contributed by atoms with Crippen molar-refractivity contribution in [3.05, 3.63) is 170 Å². The molecule has 10 rings (SSSR count). The summed E-state index contributed by atoms with van der Waals surface area (Å²) >= 11 is 0. The molecule has 0 spiro atoms. The summed E-state index contributed by atoms with van der Waals surface area (Å²) in [5, 5.41) is 9.96. The van der Waals surface area contributed by atoms with E-state index in [1.54, 1.807) is 0 Å². The van der Waals surface area contributed by atoms with Gasteiger partial charge in [0.15, 0.2) is 7.14 Å². The molecule has 1 aliphatic rings. The van der Waals surface area contributed by atoms with Crippen LogP contribution in [0.1, 0.15) is 0 Å². The molecule has 9 aromatic rings. The Morgan fingerprint density at radius 1 is 0.447 bits per heavy atom. The first kappa shape index (κ1) is 26.5. The van der Waals surface area contributed by atoms with Crippen LogP contribution < -0.4 is 15.9 Å². The molecule has 2 nitrogen and oxygen atoms in total. The highest BCUT2D eigenvalue weighted by Crippen LogP contribution is 2.55. The number of hydrogen-bond donors (Lipinski definition) is 0. The smallest absolute Gasteiger partial charge is 0.172 e. The summed E-state index contributed by atoms with van der Waals surface area (Å²) in [6.45, 7) is 0. The molecule has 0 fully saturated rings. The monoisotopic (exact) mass is 617 g/mol. The van der Waals surface area contributed by atoms with Crippen LogP contribution in [-0.4, -0.2) is 4.57 Å². The number of aromatic nitrogens is 1. The van der Waals surface area contributed by atoms with Crippen LogP contribution in [0.25, 0.3) is 71.3 Å². The number of rotatable bonds is 3. The van der Waals surface area contributed by atoms with E-state index in [0.29, 0.717) is 0 Å². The Hall–Kier alpha value is -5.69. The standard InChI is InChI=1S/C44H28NOP/c46-47(36-12-2-1-3-13-36)42-17-9-7-14-37(42)38-24-25-41-43(44(38)47)39-15-6-8-16-40(39)45(41)35-22-20-29(21-23-35)32-18-19-33-26-30-10-4-5-11-31(30)27-34(33)28-32/h1-28H. The third-order valence-corrected chi connectivity index (χ3v) is 13.1. The van der Waals surface area contributed by atoms with E-state index >= 15 is 4.57 Å². The Labute approximate surface area is 272 Å². The molecule has 0 N–H and O–H groups in total. The molecule has 0 saturated heterocycles. The largest absolute Gasteiger partial charge is 0.309 e. The van der Waals surface area contributed by atoms with Gasteiger partial charge in [0.25, 0.3) is 0 Å². The maximum absolute atomic E-state index is 15.6. The fourth-order valence-electron chi connectivity index (χ4n) is 7.79. The van der Waals surface area contributed by atoms with Gasteiger partial charge in [-0.1, -0.05) is 127 Å². The quantitative estimate of drug-likeness (QED) is 0.143. The molecule has 220 valence electrons. The topological polar surface area (TPSA) is 22.0 Å². The zero-order valence-corrected chi connectivity index (χ0v) is 26.4. The maximum Gasteiger partial charge on any atom is 0.172 e. The summed E-state index contributed by atoms with van der Waals surface area (Å²) < 4.78 is 18.0. The van der Waals surface area contributed by atoms with Gasteiger partial charge < -0.3 is 9.13 Å². The Kier molecular flexibility index (Phi) is 5.59. The summed E-state index contributed by atoms with van der Waals surface area (Å²) in [5.41, 5.74) is 7.77. The zero-order chi connectivity index (χ0) is 31.1. The first-order chi connectivity index (χ1) is 23.2. The van der Waals surface area contributed by atoms with Crippen molar-refractivity contribution in [3.63, 3.8) is 0 Å². The number of hydrogen-bond acceptors (Lipinski definition) is 1. The van der Waals surface area contributed by atoms with Gasteiger partial charge in [-0.3, -0.25) is 0 Å². The summed E-state index contributed by atoms with van der Waals surface area (Å²) in [7, 11) is -3.13. The van der Waals surface area contributed by atoms with Crippen LogP contribution in [-0.2, 0) is 4.57 Å². The summed E-state index contributed by atoms with van der Waals surface area (Å²) in [6.07, 6.45) is 0. The van der Waals surface area contributed by atoms with E-state index in [1.165, 1.54) is 32.7 Å². The van der Waals surface area contributed by atoms with Crippen molar-refractivity contribution in [2.75, 3.05) is 0 Å². The van der Waals surface area contributed by atoms with Crippen LogP contribution in [0.4, 0.5) is 0 Å². The van der Waals surface area contributed by atoms with Crippen LogP contribution in [0.15, 0.2) is 170 Å². The molecule has 1 unspecified atom stereocenters. The van der Waals surface area contributed by atoms with Gasteiger partial charge >= 0.3 is 0 Å². The molecule has 47 heavy (non-hydrogen) atoms. The molecular formula is C44H28NOP. The van der Waals surface area contributed by atoms with Gasteiger partial charge in [-0.25, -0.2) is 0 Å². The fourth-order valence-corrected chi connectivity index (χ4v) is 11.1. The highest BCUT2D eigenvalue weighted by atomic mass is 31.2. The van der Waals surface area contributed by atoms with Gasteiger partial charge in [-0.15, -0.1) is 0 Å². The van der Waals surface area contributed by atoms with Crippen LogP contribution in [0, 0.1) is 0 Å². The van der Waals surface area contributed by atoms with Crippen LogP contribution >= 0.6 is 7.14 Å². The highest BCUT2D eigenvalue weighted by molar-refractivity contribution is 7.86. The van der Waals surface area contributed by atoms with Crippen LogP contribution in [0.5, 0.6) is 0 Å². The number of nitrogens with zero attached hydrogens (tertiary/aromatic N) is 1. The molecule has 1 aliphatic heterocycles. The van der Waals surface area contributed by atoms with Crippen LogP contribution in [0.2, 0.25) is 0 Å². The molecule has 1 atom stereocenters. The van der Waals surface area contributed by atoms with Crippen molar-refractivity contribution in [2.24, 2.45) is 0 Å². The van der Waals surface area contributed by atoms with E-state index in [-0.39, 0.29) is 0 Å². The van der Waals surface area contributed by atoms with Crippen molar-refractivity contribution >= 4 is 66.4 Å². The predicted molar refractivity (Wildman–Crippen MR) is 200 cm³/mol. The van der Waals surface area contributed by atoms with E-state index in [0.717, 1.165) is 54.5 Å². The lowest BCUT2D eigenvalue weighted by molar-refractivity contribution is 0.593. The van der Waals surface area contributed by atoms with E-state index in [4.69, 9.17) is 0 Å². The SMILES string of the molecule is O=P1(c2ccccc2)c2ccccc2-c2ccc3c(c21)c1ccccc1n3-c1ccc(-c2ccc3cc4ccccc4cc3c2)cc1. The molecule has 0 saturated carbocycles. The third kappa shape index (κ3) is 3.77. The van der Waals surface area contributed by atoms with Crippen LogP contribution in [0.3, 0.4) is 0 Å². The van der Waals surface area contributed by atoms with E-state index in [9.17, 15) is 0 Å². The van der Waals surface area contributed by atoms with Crippen molar-refractivity contribution in [3.8, 4) is 27.9 Å². The van der Waals surface area contributed by atoms with Gasteiger partial charge in [0, 0.05) is 32.4 Å². The van der Waals surface area contributed by atoms with Crippen molar-refractivity contribution < 1.29 is 4.57 Å². The molecule has 0 amide bonds. The van der Waals surface area contributed by atoms with Gasteiger partial charge in [0.1, 0.15) is 0 Å². The lowest BCUT2D eigenvalue weighted by atomic mass is 9.98.